The smallest absolute Gasteiger partial charge is 0.338 e. The number of esters is 1. The lowest BCUT2D eigenvalue weighted by Gasteiger charge is -2.09. The lowest BCUT2D eigenvalue weighted by Crippen LogP contribution is -2.06. The van der Waals surface area contributed by atoms with Crippen LogP contribution >= 0.6 is 12.4 Å². The number of nitrogens with zero attached hydrogens (tertiary/aromatic N) is 1. The summed E-state index contributed by atoms with van der Waals surface area (Å²) in [6.07, 6.45) is 1.61. The Hall–Kier alpha value is -2.07. The van der Waals surface area contributed by atoms with Crippen molar-refractivity contribution in [2.45, 2.75) is 20.5 Å². The van der Waals surface area contributed by atoms with Gasteiger partial charge in [0.1, 0.15) is 12.4 Å². The first-order valence-electron chi connectivity index (χ1n) is 5.96. The van der Waals surface area contributed by atoms with Gasteiger partial charge in [0.15, 0.2) is 0 Å². The number of aromatic hydroxyl groups is 1. The van der Waals surface area contributed by atoms with Crippen molar-refractivity contribution in [1.29, 1.82) is 0 Å². The number of pyridine rings is 1. The fraction of sp³-hybridized carbons (Fsp3) is 0.200. The van der Waals surface area contributed by atoms with Crippen molar-refractivity contribution in [3.63, 3.8) is 0 Å². The van der Waals surface area contributed by atoms with Gasteiger partial charge in [0.2, 0.25) is 0 Å². The highest BCUT2D eigenvalue weighted by atomic mass is 35.5. The summed E-state index contributed by atoms with van der Waals surface area (Å²) in [5.41, 5.74) is 2.46. The van der Waals surface area contributed by atoms with Crippen LogP contribution in [0.25, 0.3) is 0 Å². The minimum absolute atomic E-state index is 0. The number of aryl methyl sites for hydroxylation is 1. The van der Waals surface area contributed by atoms with Crippen molar-refractivity contribution >= 4 is 18.4 Å². The van der Waals surface area contributed by atoms with Gasteiger partial charge in [-0.3, -0.25) is 4.98 Å². The highest BCUT2D eigenvalue weighted by Gasteiger charge is 2.11. The van der Waals surface area contributed by atoms with Gasteiger partial charge < -0.3 is 9.84 Å². The number of carbonyl (C=O) groups is 1. The molecule has 2 aromatic rings. The molecule has 0 unspecified atom stereocenters. The Morgan fingerprint density at radius 1 is 1.25 bits per heavy atom. The fourth-order valence-electron chi connectivity index (χ4n) is 1.70. The first-order chi connectivity index (χ1) is 9.09. The Bertz CT molecular complexity index is 600. The summed E-state index contributed by atoms with van der Waals surface area (Å²) in [4.78, 5) is 15.8. The van der Waals surface area contributed by atoms with E-state index in [1.165, 1.54) is 0 Å². The SMILES string of the molecule is Cc1ncc(COC(=O)c2ccccc2)c(C)c1O.Cl. The number of halogens is 1. The topological polar surface area (TPSA) is 59.4 Å². The van der Waals surface area contributed by atoms with E-state index in [-0.39, 0.29) is 30.7 Å². The third kappa shape index (κ3) is 3.48. The first-order valence-corrected chi connectivity index (χ1v) is 5.96. The molecular weight excluding hydrogens is 278 g/mol. The van der Waals surface area contributed by atoms with E-state index in [0.29, 0.717) is 22.4 Å². The van der Waals surface area contributed by atoms with Crippen LogP contribution in [0.3, 0.4) is 0 Å². The monoisotopic (exact) mass is 293 g/mol. The predicted molar refractivity (Wildman–Crippen MR) is 78.2 cm³/mol. The van der Waals surface area contributed by atoms with Crippen LogP contribution in [0.1, 0.15) is 27.2 Å². The maximum Gasteiger partial charge on any atom is 0.338 e. The molecule has 1 heterocycles. The summed E-state index contributed by atoms with van der Waals surface area (Å²) in [5, 5.41) is 9.77. The minimum atomic E-state index is -0.389. The van der Waals surface area contributed by atoms with Crippen LogP contribution in [0.2, 0.25) is 0 Å². The molecule has 0 fully saturated rings. The molecule has 0 saturated heterocycles. The summed E-state index contributed by atoms with van der Waals surface area (Å²) in [6, 6.07) is 8.78. The third-order valence-corrected chi connectivity index (χ3v) is 2.96. The molecule has 0 aliphatic heterocycles. The van der Waals surface area contributed by atoms with Crippen LogP contribution < -0.4 is 0 Å². The Kier molecular flexibility index (Phi) is 5.53. The van der Waals surface area contributed by atoms with Crippen molar-refractivity contribution in [2.75, 3.05) is 0 Å². The lowest BCUT2D eigenvalue weighted by molar-refractivity contribution is 0.0471. The zero-order valence-corrected chi connectivity index (χ0v) is 12.1. The van der Waals surface area contributed by atoms with Gasteiger partial charge in [-0.2, -0.15) is 0 Å². The highest BCUT2D eigenvalue weighted by molar-refractivity contribution is 5.89. The zero-order valence-electron chi connectivity index (χ0n) is 11.3. The number of carbonyl (C=O) groups excluding carboxylic acids is 1. The molecule has 0 saturated carbocycles. The second-order valence-electron chi connectivity index (χ2n) is 4.28. The van der Waals surface area contributed by atoms with E-state index in [1.807, 2.05) is 6.07 Å². The average molecular weight is 294 g/mol. The van der Waals surface area contributed by atoms with Crippen LogP contribution in [-0.4, -0.2) is 16.1 Å². The number of hydrogen-bond acceptors (Lipinski definition) is 4. The molecule has 1 aromatic heterocycles. The molecule has 5 heteroatoms. The molecule has 1 N–H and O–H groups in total. The second kappa shape index (κ2) is 6.91. The average Bonchev–Trinajstić information content (AvgIpc) is 2.45. The number of aromatic nitrogens is 1. The summed E-state index contributed by atoms with van der Waals surface area (Å²) in [5.74, 6) is -0.242. The Labute approximate surface area is 123 Å². The van der Waals surface area contributed by atoms with E-state index >= 15 is 0 Å². The molecule has 0 amide bonds. The van der Waals surface area contributed by atoms with E-state index < -0.39 is 0 Å². The van der Waals surface area contributed by atoms with Crippen LogP contribution in [0, 0.1) is 13.8 Å². The number of ether oxygens (including phenoxy) is 1. The summed E-state index contributed by atoms with van der Waals surface area (Å²) in [7, 11) is 0. The van der Waals surface area contributed by atoms with Crippen LogP contribution in [0.15, 0.2) is 36.5 Å². The number of rotatable bonds is 3. The van der Waals surface area contributed by atoms with Gasteiger partial charge in [0, 0.05) is 17.3 Å². The molecule has 0 radical (unpaired) electrons. The minimum Gasteiger partial charge on any atom is -0.506 e. The van der Waals surface area contributed by atoms with Gasteiger partial charge >= 0.3 is 5.97 Å². The maximum absolute atomic E-state index is 11.8. The van der Waals surface area contributed by atoms with E-state index in [9.17, 15) is 9.90 Å². The van der Waals surface area contributed by atoms with Gasteiger partial charge in [-0.1, -0.05) is 18.2 Å². The van der Waals surface area contributed by atoms with Gasteiger partial charge in [-0.15, -0.1) is 12.4 Å². The molecule has 4 nitrogen and oxygen atoms in total. The van der Waals surface area contributed by atoms with E-state index in [2.05, 4.69) is 4.98 Å². The van der Waals surface area contributed by atoms with Gasteiger partial charge in [0.25, 0.3) is 0 Å². The van der Waals surface area contributed by atoms with Gasteiger partial charge in [-0.05, 0) is 26.0 Å². The van der Waals surface area contributed by atoms with Crippen molar-refractivity contribution in [2.24, 2.45) is 0 Å². The molecule has 0 bridgehead atoms. The van der Waals surface area contributed by atoms with Crippen molar-refractivity contribution in [1.82, 2.24) is 4.98 Å². The molecule has 0 spiro atoms. The predicted octanol–water partition coefficient (Wildman–Crippen LogP) is 3.18. The van der Waals surface area contributed by atoms with Crippen LogP contribution in [0.4, 0.5) is 0 Å². The van der Waals surface area contributed by atoms with Gasteiger partial charge in [0.05, 0.1) is 11.3 Å². The van der Waals surface area contributed by atoms with Crippen LogP contribution in [-0.2, 0) is 11.3 Å². The largest absolute Gasteiger partial charge is 0.506 e. The van der Waals surface area contributed by atoms with Crippen molar-refractivity contribution in [3.05, 3.63) is 58.9 Å². The molecule has 1 aromatic carbocycles. The molecule has 20 heavy (non-hydrogen) atoms. The van der Waals surface area contributed by atoms with E-state index in [1.54, 1.807) is 44.3 Å². The number of benzene rings is 1. The maximum atomic E-state index is 11.8. The first kappa shape index (κ1) is 16.0. The second-order valence-corrected chi connectivity index (χ2v) is 4.28. The summed E-state index contributed by atoms with van der Waals surface area (Å²) < 4.78 is 5.20. The van der Waals surface area contributed by atoms with Gasteiger partial charge in [-0.25, -0.2) is 4.79 Å². The van der Waals surface area contributed by atoms with Crippen LogP contribution in [0.5, 0.6) is 5.75 Å². The fourth-order valence-corrected chi connectivity index (χ4v) is 1.70. The Balaban J connectivity index is 0.00000200. The Morgan fingerprint density at radius 2 is 1.90 bits per heavy atom. The molecule has 0 aliphatic rings. The molecule has 0 atom stereocenters. The van der Waals surface area contributed by atoms with Crippen molar-refractivity contribution in [3.8, 4) is 5.75 Å². The standard InChI is InChI=1S/C15H15NO3.ClH/c1-10-13(8-16-11(2)14(10)17)9-19-15(18)12-6-4-3-5-7-12;/h3-8,17H,9H2,1-2H3;1H. The zero-order chi connectivity index (χ0) is 13.8. The highest BCUT2D eigenvalue weighted by Crippen LogP contribution is 2.23. The Morgan fingerprint density at radius 3 is 2.55 bits per heavy atom. The molecule has 106 valence electrons. The summed E-state index contributed by atoms with van der Waals surface area (Å²) in [6.45, 7) is 3.60. The van der Waals surface area contributed by atoms with Crippen molar-refractivity contribution < 1.29 is 14.6 Å². The lowest BCUT2D eigenvalue weighted by atomic mass is 10.1. The quantitative estimate of drug-likeness (QED) is 0.883. The molecular formula is C15H16ClNO3. The summed E-state index contributed by atoms with van der Waals surface area (Å²) >= 11 is 0. The van der Waals surface area contributed by atoms with E-state index in [0.717, 1.165) is 0 Å². The van der Waals surface area contributed by atoms with E-state index in [4.69, 9.17) is 4.74 Å². The third-order valence-electron chi connectivity index (χ3n) is 2.96. The normalized spacial score (nSPS) is 9.70. The molecule has 0 aliphatic carbocycles. The molecule has 2 rings (SSSR count). The number of hydrogen-bond donors (Lipinski definition) is 1.